The minimum absolute atomic E-state index is 0.0690. The molecular formula is C18H27FN2O5S. The number of rotatable bonds is 10. The summed E-state index contributed by atoms with van der Waals surface area (Å²) in [7, 11) is -3.85. The first kappa shape index (κ1) is 23.0. The van der Waals surface area contributed by atoms with Crippen molar-refractivity contribution >= 4 is 21.9 Å². The van der Waals surface area contributed by atoms with Gasteiger partial charge in [0.1, 0.15) is 5.82 Å². The Bertz CT molecular complexity index is 763. The summed E-state index contributed by atoms with van der Waals surface area (Å²) >= 11 is 0. The number of ether oxygens (including phenoxy) is 1. The monoisotopic (exact) mass is 402 g/mol. The van der Waals surface area contributed by atoms with E-state index in [2.05, 4.69) is 5.32 Å². The summed E-state index contributed by atoms with van der Waals surface area (Å²) in [5.41, 5.74) is -0.530. The first-order valence-electron chi connectivity index (χ1n) is 8.93. The van der Waals surface area contributed by atoms with Crippen molar-refractivity contribution in [3.05, 3.63) is 29.6 Å². The summed E-state index contributed by atoms with van der Waals surface area (Å²) in [6.45, 7) is 7.07. The van der Waals surface area contributed by atoms with E-state index in [1.807, 2.05) is 13.8 Å². The van der Waals surface area contributed by atoms with E-state index in [0.717, 1.165) is 31.0 Å². The van der Waals surface area contributed by atoms with Gasteiger partial charge in [-0.2, -0.15) is 4.31 Å². The van der Waals surface area contributed by atoms with Crippen LogP contribution < -0.4 is 5.32 Å². The third kappa shape index (κ3) is 6.28. The van der Waals surface area contributed by atoms with Crippen molar-refractivity contribution in [1.82, 2.24) is 9.62 Å². The lowest BCUT2D eigenvalue weighted by molar-refractivity contribution is -0.124. The lowest BCUT2D eigenvalue weighted by atomic mass is 10.2. The van der Waals surface area contributed by atoms with E-state index in [-0.39, 0.29) is 24.0 Å². The van der Waals surface area contributed by atoms with E-state index >= 15 is 0 Å². The van der Waals surface area contributed by atoms with E-state index in [4.69, 9.17) is 4.74 Å². The van der Waals surface area contributed by atoms with Crippen LogP contribution in [0.3, 0.4) is 0 Å². The van der Waals surface area contributed by atoms with Crippen molar-refractivity contribution in [2.24, 2.45) is 0 Å². The Labute approximate surface area is 159 Å². The summed E-state index contributed by atoms with van der Waals surface area (Å²) in [6.07, 6.45) is 1.67. The van der Waals surface area contributed by atoms with Gasteiger partial charge in [-0.3, -0.25) is 4.79 Å². The molecule has 0 aliphatic carbocycles. The fourth-order valence-electron chi connectivity index (χ4n) is 2.56. The van der Waals surface area contributed by atoms with Crippen LogP contribution in [0.2, 0.25) is 0 Å². The number of sulfonamides is 1. The van der Waals surface area contributed by atoms with Gasteiger partial charge in [0.2, 0.25) is 10.0 Å². The molecule has 1 aromatic rings. The number of hydrogen-bond acceptors (Lipinski definition) is 5. The fraction of sp³-hybridized carbons (Fsp3) is 0.556. The van der Waals surface area contributed by atoms with Gasteiger partial charge in [-0.25, -0.2) is 17.6 Å². The zero-order valence-corrected chi connectivity index (χ0v) is 16.9. The second kappa shape index (κ2) is 10.4. The zero-order chi connectivity index (χ0) is 20.6. The summed E-state index contributed by atoms with van der Waals surface area (Å²) in [5.74, 6) is -2.52. The minimum Gasteiger partial charge on any atom is -0.452 e. The number of carbonyl (C=O) groups is 2. The second-order valence-corrected chi connectivity index (χ2v) is 8.00. The second-order valence-electron chi connectivity index (χ2n) is 6.06. The van der Waals surface area contributed by atoms with Crippen LogP contribution in [-0.4, -0.2) is 50.3 Å². The highest BCUT2D eigenvalue weighted by Gasteiger charge is 2.25. The first-order chi connectivity index (χ1) is 12.7. The molecule has 27 heavy (non-hydrogen) atoms. The number of carbonyl (C=O) groups excluding carboxylic acids is 2. The fourth-order valence-corrected chi connectivity index (χ4v) is 4.05. The van der Waals surface area contributed by atoms with E-state index in [1.165, 1.54) is 4.31 Å². The average molecular weight is 402 g/mol. The number of esters is 1. The molecule has 1 atom stereocenters. The predicted molar refractivity (Wildman–Crippen MR) is 99.3 cm³/mol. The number of benzene rings is 1. The van der Waals surface area contributed by atoms with Crippen LogP contribution in [0.25, 0.3) is 0 Å². The maximum atomic E-state index is 14.0. The number of amides is 1. The average Bonchev–Trinajstić information content (AvgIpc) is 2.60. The van der Waals surface area contributed by atoms with Gasteiger partial charge in [0, 0.05) is 19.1 Å². The largest absolute Gasteiger partial charge is 0.452 e. The maximum absolute atomic E-state index is 14.0. The van der Waals surface area contributed by atoms with Crippen molar-refractivity contribution in [3.63, 3.8) is 0 Å². The van der Waals surface area contributed by atoms with Crippen LogP contribution >= 0.6 is 0 Å². The minimum atomic E-state index is -3.85. The van der Waals surface area contributed by atoms with E-state index < -0.39 is 39.9 Å². The Morgan fingerprint density at radius 3 is 2.41 bits per heavy atom. The number of halogens is 1. The molecule has 0 unspecified atom stereocenters. The number of nitrogens with one attached hydrogen (secondary N) is 1. The van der Waals surface area contributed by atoms with Gasteiger partial charge in [-0.05, 0) is 31.5 Å². The summed E-state index contributed by atoms with van der Waals surface area (Å²) in [4.78, 5) is 23.7. The Balaban J connectivity index is 2.91. The third-order valence-electron chi connectivity index (χ3n) is 3.96. The van der Waals surface area contributed by atoms with Gasteiger partial charge in [-0.1, -0.05) is 27.2 Å². The van der Waals surface area contributed by atoms with Crippen LogP contribution in [0, 0.1) is 5.82 Å². The smallest absolute Gasteiger partial charge is 0.341 e. The molecule has 9 heteroatoms. The molecule has 0 saturated heterocycles. The highest BCUT2D eigenvalue weighted by molar-refractivity contribution is 7.89. The molecule has 0 aliphatic heterocycles. The molecule has 0 spiro atoms. The number of hydrogen-bond donors (Lipinski definition) is 1. The SMILES string of the molecule is CCC[C@@H](C)NC(=O)COC(=O)c1cc(S(=O)(=O)N(CC)CC)ccc1F. The van der Waals surface area contributed by atoms with Gasteiger partial charge in [0.25, 0.3) is 5.91 Å². The standard InChI is InChI=1S/C18H27FN2O5S/c1-5-8-13(4)20-17(22)12-26-18(23)15-11-14(9-10-16(15)19)27(24,25)21(6-2)7-3/h9-11,13H,5-8,12H2,1-4H3,(H,20,22)/t13-/m1/s1. The molecule has 7 nitrogen and oxygen atoms in total. The molecular weight excluding hydrogens is 375 g/mol. The normalized spacial score (nSPS) is 12.7. The molecule has 0 saturated carbocycles. The van der Waals surface area contributed by atoms with E-state index in [1.54, 1.807) is 13.8 Å². The van der Waals surface area contributed by atoms with E-state index in [0.29, 0.717) is 0 Å². The summed E-state index contributed by atoms with van der Waals surface area (Å²) < 4.78 is 45.1. The zero-order valence-electron chi connectivity index (χ0n) is 16.1. The molecule has 0 heterocycles. The highest BCUT2D eigenvalue weighted by Crippen LogP contribution is 2.20. The van der Waals surface area contributed by atoms with Crippen LogP contribution in [0.1, 0.15) is 50.9 Å². The lowest BCUT2D eigenvalue weighted by Gasteiger charge is -2.18. The molecule has 0 bridgehead atoms. The lowest BCUT2D eigenvalue weighted by Crippen LogP contribution is -2.35. The highest BCUT2D eigenvalue weighted by atomic mass is 32.2. The van der Waals surface area contributed by atoms with Crippen LogP contribution in [0.4, 0.5) is 4.39 Å². The molecule has 0 aliphatic rings. The molecule has 0 aromatic heterocycles. The van der Waals surface area contributed by atoms with Gasteiger partial charge in [0.15, 0.2) is 6.61 Å². The van der Waals surface area contributed by atoms with Gasteiger partial charge in [0.05, 0.1) is 10.5 Å². The van der Waals surface area contributed by atoms with Crippen molar-refractivity contribution in [2.45, 2.75) is 51.5 Å². The van der Waals surface area contributed by atoms with Crippen molar-refractivity contribution < 1.29 is 27.1 Å². The van der Waals surface area contributed by atoms with Crippen LogP contribution in [-0.2, 0) is 19.6 Å². The maximum Gasteiger partial charge on any atom is 0.341 e. The van der Waals surface area contributed by atoms with Crippen molar-refractivity contribution in [1.29, 1.82) is 0 Å². The molecule has 1 N–H and O–H groups in total. The predicted octanol–water partition coefficient (Wildman–Crippen LogP) is 2.32. The Morgan fingerprint density at radius 2 is 1.85 bits per heavy atom. The quantitative estimate of drug-likeness (QED) is 0.606. The van der Waals surface area contributed by atoms with Crippen LogP contribution in [0.5, 0.6) is 0 Å². The summed E-state index contributed by atoms with van der Waals surface area (Å²) in [5, 5.41) is 2.66. The molecule has 1 amide bonds. The molecule has 1 rings (SSSR count). The van der Waals surface area contributed by atoms with Crippen LogP contribution in [0.15, 0.2) is 23.1 Å². The van der Waals surface area contributed by atoms with E-state index in [9.17, 15) is 22.4 Å². The number of nitrogens with zero attached hydrogens (tertiary/aromatic N) is 1. The Kier molecular flexibility index (Phi) is 8.84. The third-order valence-corrected chi connectivity index (χ3v) is 6.01. The van der Waals surface area contributed by atoms with Gasteiger partial charge in [-0.15, -0.1) is 0 Å². The molecule has 0 fully saturated rings. The molecule has 1 aromatic carbocycles. The molecule has 152 valence electrons. The molecule has 0 radical (unpaired) electrons. The van der Waals surface area contributed by atoms with Crippen molar-refractivity contribution in [3.8, 4) is 0 Å². The van der Waals surface area contributed by atoms with Crippen molar-refractivity contribution in [2.75, 3.05) is 19.7 Å². The first-order valence-corrected chi connectivity index (χ1v) is 10.4. The topological polar surface area (TPSA) is 92.8 Å². The summed E-state index contributed by atoms with van der Waals surface area (Å²) in [6, 6.07) is 2.86. The van der Waals surface area contributed by atoms with Gasteiger partial charge < -0.3 is 10.1 Å². The van der Waals surface area contributed by atoms with Gasteiger partial charge >= 0.3 is 5.97 Å². The Hall–Kier alpha value is -2.00. The Morgan fingerprint density at radius 1 is 1.22 bits per heavy atom.